The average Bonchev–Trinajstić information content (AvgIpc) is 2.83. The Morgan fingerprint density at radius 2 is 1.46 bits per heavy atom. The third-order valence-electron chi connectivity index (χ3n) is 6.03. The monoisotopic (exact) mass is 562 g/mol. The van der Waals surface area contributed by atoms with Gasteiger partial charge in [-0.1, -0.05) is 45.0 Å². The maximum atomic E-state index is 15.1. The SMILES string of the molecule is Cc1cc(NC(=O)c2c(F)c(F)c(-c3ccc(C(C)(C)O[SiH2]C(C)(C)C)cc3)c(F)c2F)c(N)c(C(=O)O)c1. The molecule has 1 amide bonds. The second kappa shape index (κ2) is 10.8. The van der Waals surface area contributed by atoms with Crippen LogP contribution in [-0.4, -0.2) is 26.7 Å². The van der Waals surface area contributed by atoms with Crippen LogP contribution in [0.25, 0.3) is 11.1 Å². The minimum atomic E-state index is -1.91. The Kier molecular flexibility index (Phi) is 8.28. The predicted octanol–water partition coefficient (Wildman–Crippen LogP) is 6.31. The molecule has 208 valence electrons. The van der Waals surface area contributed by atoms with Gasteiger partial charge in [0.15, 0.2) is 33.0 Å². The highest BCUT2D eigenvalue weighted by Crippen LogP contribution is 2.35. The highest BCUT2D eigenvalue weighted by molar-refractivity contribution is 6.31. The molecule has 0 spiro atoms. The summed E-state index contributed by atoms with van der Waals surface area (Å²) in [5, 5.41) is 11.4. The van der Waals surface area contributed by atoms with Gasteiger partial charge in [0.1, 0.15) is 5.56 Å². The lowest BCUT2D eigenvalue weighted by atomic mass is 9.94. The molecule has 0 atom stereocenters. The van der Waals surface area contributed by atoms with Crippen LogP contribution >= 0.6 is 0 Å². The molecule has 0 heterocycles. The first-order chi connectivity index (χ1) is 17.9. The van der Waals surface area contributed by atoms with E-state index < -0.39 is 67.3 Å². The second-order valence-electron chi connectivity index (χ2n) is 11.0. The van der Waals surface area contributed by atoms with Gasteiger partial charge in [-0.05, 0) is 54.6 Å². The standard InChI is InChI=1S/C28H30F4N2O4Si/c1-13-11-16(26(36)37)24(33)17(12-13)34-25(35)19-22(31)20(29)18(21(30)23(19)32)14-7-9-15(10-8-14)28(5,6)38-39-27(2,3)4/h7-12H,33,39H2,1-6H3,(H,34,35)(H,36,37). The molecule has 0 radical (unpaired) electrons. The number of anilines is 2. The fourth-order valence-electron chi connectivity index (χ4n) is 3.87. The van der Waals surface area contributed by atoms with Crippen LogP contribution in [0.1, 0.15) is 66.5 Å². The summed E-state index contributed by atoms with van der Waals surface area (Å²) < 4.78 is 66.4. The van der Waals surface area contributed by atoms with Crippen LogP contribution in [0, 0.1) is 30.2 Å². The first-order valence-corrected chi connectivity index (χ1v) is 13.3. The molecule has 0 fully saturated rings. The minimum absolute atomic E-state index is 0.0379. The van der Waals surface area contributed by atoms with Gasteiger partial charge in [-0.2, -0.15) is 0 Å². The Morgan fingerprint density at radius 3 is 1.95 bits per heavy atom. The summed E-state index contributed by atoms with van der Waals surface area (Å²) in [6.07, 6.45) is 0. The lowest BCUT2D eigenvalue weighted by Gasteiger charge is -2.30. The van der Waals surface area contributed by atoms with Crippen molar-refractivity contribution in [3.05, 3.63) is 81.9 Å². The van der Waals surface area contributed by atoms with Crippen molar-refractivity contribution in [3.63, 3.8) is 0 Å². The van der Waals surface area contributed by atoms with Gasteiger partial charge in [0.2, 0.25) is 0 Å². The zero-order chi connectivity index (χ0) is 29.4. The zero-order valence-electron chi connectivity index (χ0n) is 22.4. The third kappa shape index (κ3) is 6.31. The second-order valence-corrected chi connectivity index (χ2v) is 13.7. The first-order valence-electron chi connectivity index (χ1n) is 12.0. The number of benzene rings is 3. The molecule has 6 nitrogen and oxygen atoms in total. The van der Waals surface area contributed by atoms with E-state index in [9.17, 15) is 14.7 Å². The van der Waals surface area contributed by atoms with E-state index in [1.165, 1.54) is 31.2 Å². The normalized spacial score (nSPS) is 12.3. The summed E-state index contributed by atoms with van der Waals surface area (Å²) in [4.78, 5) is 24.1. The number of aromatic carboxylic acids is 1. The molecule has 11 heteroatoms. The predicted molar refractivity (Wildman–Crippen MR) is 145 cm³/mol. The molecule has 39 heavy (non-hydrogen) atoms. The lowest BCUT2D eigenvalue weighted by Crippen LogP contribution is -2.27. The number of halogens is 4. The van der Waals surface area contributed by atoms with E-state index in [0.29, 0.717) is 11.1 Å². The summed E-state index contributed by atoms with van der Waals surface area (Å²) in [5.74, 6) is -10.3. The van der Waals surface area contributed by atoms with Crippen molar-refractivity contribution in [3.8, 4) is 11.1 Å². The molecule has 0 bridgehead atoms. The van der Waals surface area contributed by atoms with Crippen LogP contribution in [0.5, 0.6) is 0 Å². The van der Waals surface area contributed by atoms with Crippen LogP contribution in [-0.2, 0) is 10.0 Å². The summed E-state index contributed by atoms with van der Waals surface area (Å²) in [6.45, 7) is 11.4. The van der Waals surface area contributed by atoms with Gasteiger partial charge in [-0.15, -0.1) is 0 Å². The number of nitrogen functional groups attached to an aromatic ring is 1. The number of hydrogen-bond acceptors (Lipinski definition) is 4. The fourth-order valence-corrected chi connectivity index (χ4v) is 4.83. The van der Waals surface area contributed by atoms with Gasteiger partial charge in [0, 0.05) is 0 Å². The molecule has 0 unspecified atom stereocenters. The molecule has 3 aromatic carbocycles. The number of nitrogens with one attached hydrogen (secondary N) is 1. The number of hydrogen-bond donors (Lipinski definition) is 3. The number of carbonyl (C=O) groups excluding carboxylic acids is 1. The van der Waals surface area contributed by atoms with E-state index in [1.54, 1.807) is 12.1 Å². The van der Waals surface area contributed by atoms with Crippen LogP contribution in [0.15, 0.2) is 36.4 Å². The van der Waals surface area contributed by atoms with Crippen molar-refractivity contribution >= 4 is 33.0 Å². The van der Waals surface area contributed by atoms with Crippen molar-refractivity contribution in [2.45, 2.75) is 52.2 Å². The quantitative estimate of drug-likeness (QED) is 0.136. The smallest absolute Gasteiger partial charge is 0.337 e. The number of carboxylic acids is 1. The number of carboxylic acid groups (broad SMARTS) is 1. The van der Waals surface area contributed by atoms with E-state index in [0.717, 1.165) is 0 Å². The first kappa shape index (κ1) is 29.8. The molecule has 0 aliphatic carbocycles. The summed E-state index contributed by atoms with van der Waals surface area (Å²) in [5.41, 5.74) is 2.48. The molecular formula is C28H30F4N2O4Si. The number of amides is 1. The van der Waals surface area contributed by atoms with Gasteiger partial charge in [-0.25, -0.2) is 22.4 Å². The fraction of sp³-hybridized carbons (Fsp3) is 0.286. The van der Waals surface area contributed by atoms with Crippen molar-refractivity contribution in [2.24, 2.45) is 0 Å². The van der Waals surface area contributed by atoms with Gasteiger partial charge >= 0.3 is 5.97 Å². The number of nitrogens with two attached hydrogens (primary N) is 1. The zero-order valence-corrected chi connectivity index (χ0v) is 23.8. The van der Waals surface area contributed by atoms with Gasteiger partial charge in [0.25, 0.3) is 5.91 Å². The lowest BCUT2D eigenvalue weighted by molar-refractivity contribution is 0.0697. The Hall–Kier alpha value is -3.70. The summed E-state index contributed by atoms with van der Waals surface area (Å²) in [6, 6.07) is 8.24. The van der Waals surface area contributed by atoms with Gasteiger partial charge in [-0.3, -0.25) is 4.79 Å². The molecular weight excluding hydrogens is 532 g/mol. The summed E-state index contributed by atoms with van der Waals surface area (Å²) in [7, 11) is -0.922. The van der Waals surface area contributed by atoms with Crippen molar-refractivity contribution in [1.82, 2.24) is 0 Å². The van der Waals surface area contributed by atoms with E-state index in [2.05, 4.69) is 26.1 Å². The van der Waals surface area contributed by atoms with Crippen molar-refractivity contribution in [2.75, 3.05) is 11.1 Å². The van der Waals surface area contributed by atoms with Crippen molar-refractivity contribution < 1.29 is 36.7 Å². The average molecular weight is 563 g/mol. The Morgan fingerprint density at radius 1 is 0.923 bits per heavy atom. The Balaban J connectivity index is 1.98. The van der Waals surface area contributed by atoms with Crippen LogP contribution in [0.2, 0.25) is 5.04 Å². The molecule has 4 N–H and O–H groups in total. The maximum absolute atomic E-state index is 15.1. The highest BCUT2D eigenvalue weighted by atomic mass is 28.2. The molecule has 3 aromatic rings. The molecule has 0 saturated heterocycles. The summed E-state index contributed by atoms with van der Waals surface area (Å²) >= 11 is 0. The number of carbonyl (C=O) groups is 2. The topological polar surface area (TPSA) is 102 Å². The van der Waals surface area contributed by atoms with Crippen molar-refractivity contribution in [1.29, 1.82) is 0 Å². The molecule has 0 aliphatic rings. The number of aryl methyl sites for hydroxylation is 1. The molecule has 0 aromatic heterocycles. The van der Waals surface area contributed by atoms with Gasteiger partial charge < -0.3 is 20.6 Å². The molecule has 0 aliphatic heterocycles. The Bertz CT molecular complexity index is 1420. The maximum Gasteiger partial charge on any atom is 0.337 e. The van der Waals surface area contributed by atoms with E-state index in [4.69, 9.17) is 10.2 Å². The van der Waals surface area contributed by atoms with E-state index >= 15 is 17.6 Å². The molecule has 3 rings (SSSR count). The molecule has 0 saturated carbocycles. The minimum Gasteiger partial charge on any atom is -0.478 e. The van der Waals surface area contributed by atoms with E-state index in [1.807, 2.05) is 13.8 Å². The Labute approximate surface area is 226 Å². The number of rotatable bonds is 7. The van der Waals surface area contributed by atoms with Gasteiger partial charge in [0.05, 0.1) is 28.1 Å². The van der Waals surface area contributed by atoms with Crippen LogP contribution < -0.4 is 11.1 Å². The van der Waals surface area contributed by atoms with Crippen LogP contribution in [0.3, 0.4) is 0 Å². The largest absolute Gasteiger partial charge is 0.478 e. The highest BCUT2D eigenvalue weighted by Gasteiger charge is 2.31. The van der Waals surface area contributed by atoms with Crippen LogP contribution in [0.4, 0.5) is 28.9 Å². The third-order valence-corrected chi connectivity index (χ3v) is 7.76. The van der Waals surface area contributed by atoms with E-state index in [-0.39, 0.29) is 21.9 Å².